The zero-order chi connectivity index (χ0) is 30.2. The van der Waals surface area contributed by atoms with Gasteiger partial charge >= 0.3 is 0 Å². The van der Waals surface area contributed by atoms with Gasteiger partial charge in [-0.3, -0.25) is 9.20 Å². The molecule has 7 N–H and O–H groups in total. The molecule has 42 heavy (non-hydrogen) atoms. The summed E-state index contributed by atoms with van der Waals surface area (Å²) >= 11 is 0. The van der Waals surface area contributed by atoms with Gasteiger partial charge in [0.25, 0.3) is 0 Å². The van der Waals surface area contributed by atoms with E-state index in [9.17, 15) is 13.6 Å². The summed E-state index contributed by atoms with van der Waals surface area (Å²) < 4.78 is 35.7. The number of anilines is 2. The van der Waals surface area contributed by atoms with Crippen molar-refractivity contribution in [3.05, 3.63) is 78.3 Å². The summed E-state index contributed by atoms with van der Waals surface area (Å²) in [6.45, 7) is 7.60. The van der Waals surface area contributed by atoms with Gasteiger partial charge in [-0.2, -0.15) is 4.39 Å². The summed E-state index contributed by atoms with van der Waals surface area (Å²) in [4.78, 5) is 20.9. The number of halogens is 2. The number of benzene rings is 2. The van der Waals surface area contributed by atoms with Gasteiger partial charge in [0.1, 0.15) is 0 Å². The first-order chi connectivity index (χ1) is 20.3. The van der Waals surface area contributed by atoms with Gasteiger partial charge in [0.05, 0.1) is 25.0 Å². The standard InChI is InChI=1S/C30H36F2N8O2/c1-4-19-16-20(7-8-21(19)18(2)35-12-13-37-30(41)23(34)6-5-11-33)39-28-29-38-17-24(40(29)15-14-36-28)22-9-10-25(42-3)27(32)26(22)31/h7-10,14-17,23,35H,2,4-6,11-13,33-34H2,1,3H3,(H,36,39)(H,37,41)/t23-/m0/s1. The van der Waals surface area contributed by atoms with E-state index in [0.29, 0.717) is 49.6 Å². The Kier molecular flexibility index (Phi) is 10.0. The number of methoxy groups -OCH3 is 1. The highest BCUT2D eigenvalue weighted by Gasteiger charge is 2.19. The van der Waals surface area contributed by atoms with Crippen molar-refractivity contribution < 1.29 is 18.3 Å². The Morgan fingerprint density at radius 1 is 1.14 bits per heavy atom. The molecular weight excluding hydrogens is 542 g/mol. The van der Waals surface area contributed by atoms with Crippen LogP contribution in [0.25, 0.3) is 22.6 Å². The summed E-state index contributed by atoms with van der Waals surface area (Å²) in [6, 6.07) is 8.10. The smallest absolute Gasteiger partial charge is 0.236 e. The number of aromatic nitrogens is 3. The molecule has 10 nitrogen and oxygen atoms in total. The molecule has 0 saturated carbocycles. The van der Waals surface area contributed by atoms with E-state index < -0.39 is 17.7 Å². The lowest BCUT2D eigenvalue weighted by atomic mass is 10.0. The molecule has 0 saturated heterocycles. The maximum Gasteiger partial charge on any atom is 0.236 e. The number of ether oxygens (including phenoxy) is 1. The van der Waals surface area contributed by atoms with Crippen LogP contribution in [0.15, 0.2) is 55.5 Å². The van der Waals surface area contributed by atoms with E-state index in [4.69, 9.17) is 16.2 Å². The number of rotatable bonds is 14. The molecule has 2 heterocycles. The van der Waals surface area contributed by atoms with Gasteiger partial charge in [-0.25, -0.2) is 14.4 Å². The molecule has 0 aliphatic carbocycles. The molecule has 1 atom stereocenters. The minimum absolute atomic E-state index is 0.0515. The second kappa shape index (κ2) is 13.9. The van der Waals surface area contributed by atoms with Gasteiger partial charge in [0.2, 0.25) is 11.7 Å². The first-order valence-corrected chi connectivity index (χ1v) is 13.7. The summed E-state index contributed by atoms with van der Waals surface area (Å²) in [5.74, 6) is -2.01. The predicted molar refractivity (Wildman–Crippen MR) is 160 cm³/mol. The molecule has 4 aromatic rings. The van der Waals surface area contributed by atoms with Crippen molar-refractivity contribution in [3.63, 3.8) is 0 Å². The highest BCUT2D eigenvalue weighted by Crippen LogP contribution is 2.32. The molecule has 0 aliphatic heterocycles. The van der Waals surface area contributed by atoms with Crippen LogP contribution in [0.1, 0.15) is 30.9 Å². The number of hydrogen-bond donors (Lipinski definition) is 5. The summed E-state index contributed by atoms with van der Waals surface area (Å²) in [5, 5.41) is 9.37. The molecule has 0 aliphatic rings. The second-order valence-electron chi connectivity index (χ2n) is 9.64. The lowest BCUT2D eigenvalue weighted by Gasteiger charge is -2.16. The van der Waals surface area contributed by atoms with Crippen LogP contribution in [0.4, 0.5) is 20.3 Å². The second-order valence-corrected chi connectivity index (χ2v) is 9.64. The van der Waals surface area contributed by atoms with Crippen molar-refractivity contribution in [2.24, 2.45) is 11.5 Å². The average Bonchev–Trinajstić information content (AvgIpc) is 3.44. The Labute approximate surface area is 243 Å². The number of aryl methyl sites for hydroxylation is 1. The Morgan fingerprint density at radius 2 is 1.93 bits per heavy atom. The third kappa shape index (κ3) is 6.67. The number of nitrogens with one attached hydrogen (secondary N) is 3. The van der Waals surface area contributed by atoms with E-state index >= 15 is 0 Å². The molecular formula is C30H36F2N8O2. The maximum atomic E-state index is 14.8. The summed E-state index contributed by atoms with van der Waals surface area (Å²) in [6.07, 6.45) is 6.66. The van der Waals surface area contributed by atoms with Crippen LogP contribution in [-0.2, 0) is 11.2 Å². The van der Waals surface area contributed by atoms with Crippen molar-refractivity contribution in [2.75, 3.05) is 32.1 Å². The van der Waals surface area contributed by atoms with Gasteiger partial charge in [0.15, 0.2) is 23.0 Å². The normalized spacial score (nSPS) is 11.8. The van der Waals surface area contributed by atoms with Crippen LogP contribution in [0.2, 0.25) is 0 Å². The van der Waals surface area contributed by atoms with Crippen LogP contribution >= 0.6 is 0 Å². The van der Waals surface area contributed by atoms with Crippen molar-refractivity contribution in [1.29, 1.82) is 0 Å². The van der Waals surface area contributed by atoms with E-state index in [1.54, 1.807) is 16.8 Å². The Morgan fingerprint density at radius 3 is 2.67 bits per heavy atom. The predicted octanol–water partition coefficient (Wildman–Crippen LogP) is 3.73. The van der Waals surface area contributed by atoms with E-state index in [-0.39, 0.29) is 17.2 Å². The zero-order valence-corrected chi connectivity index (χ0v) is 23.7. The topological polar surface area (TPSA) is 145 Å². The van der Waals surface area contributed by atoms with E-state index in [1.807, 2.05) is 25.1 Å². The number of carbonyl (C=O) groups excluding carboxylic acids is 1. The molecule has 1 amide bonds. The van der Waals surface area contributed by atoms with Gasteiger partial charge in [0, 0.05) is 48.0 Å². The molecule has 0 bridgehead atoms. The van der Waals surface area contributed by atoms with Crippen molar-refractivity contribution in [3.8, 4) is 17.0 Å². The third-order valence-corrected chi connectivity index (χ3v) is 6.86. The first kappa shape index (κ1) is 30.4. The van der Waals surface area contributed by atoms with E-state index in [1.165, 1.54) is 25.4 Å². The number of hydrogen-bond acceptors (Lipinski definition) is 8. The number of amides is 1. The number of nitrogens with zero attached hydrogens (tertiary/aromatic N) is 3. The van der Waals surface area contributed by atoms with Gasteiger partial charge in [-0.05, 0) is 55.6 Å². The van der Waals surface area contributed by atoms with Crippen LogP contribution in [0, 0.1) is 11.6 Å². The summed E-state index contributed by atoms with van der Waals surface area (Å²) in [7, 11) is 1.28. The molecule has 4 rings (SSSR count). The maximum absolute atomic E-state index is 14.8. The van der Waals surface area contributed by atoms with Crippen molar-refractivity contribution >= 4 is 28.8 Å². The molecule has 0 spiro atoms. The van der Waals surface area contributed by atoms with Crippen molar-refractivity contribution in [2.45, 2.75) is 32.2 Å². The van der Waals surface area contributed by atoms with Crippen LogP contribution < -0.4 is 32.2 Å². The summed E-state index contributed by atoms with van der Waals surface area (Å²) in [5.41, 5.74) is 15.7. The molecule has 12 heteroatoms. The minimum atomic E-state index is -1.06. The minimum Gasteiger partial charge on any atom is -0.494 e. The molecule has 0 unspecified atom stereocenters. The largest absolute Gasteiger partial charge is 0.494 e. The van der Waals surface area contributed by atoms with Crippen LogP contribution in [0.3, 0.4) is 0 Å². The number of imidazole rings is 1. The number of fused-ring (bicyclic) bond motifs is 1. The molecule has 2 aromatic heterocycles. The van der Waals surface area contributed by atoms with Crippen molar-refractivity contribution in [1.82, 2.24) is 25.0 Å². The lowest BCUT2D eigenvalue weighted by molar-refractivity contribution is -0.122. The SMILES string of the molecule is C=C(NCCNC(=O)[C@@H](N)CCCN)c1ccc(Nc2nccn3c(-c4ccc(OC)c(F)c4F)cnc23)cc1CC. The fourth-order valence-electron chi connectivity index (χ4n) is 4.58. The highest BCUT2D eigenvalue weighted by molar-refractivity contribution is 5.81. The fourth-order valence-corrected chi connectivity index (χ4v) is 4.58. The van der Waals surface area contributed by atoms with Gasteiger partial charge in [-0.15, -0.1) is 0 Å². The Bertz CT molecular complexity index is 1570. The molecule has 0 fully saturated rings. The van der Waals surface area contributed by atoms with Gasteiger partial charge < -0.3 is 32.2 Å². The first-order valence-electron chi connectivity index (χ1n) is 13.7. The molecule has 2 aromatic carbocycles. The Hall–Kier alpha value is -4.55. The zero-order valence-electron chi connectivity index (χ0n) is 23.7. The average molecular weight is 579 g/mol. The number of nitrogens with two attached hydrogens (primary N) is 2. The molecule has 0 radical (unpaired) electrons. The third-order valence-electron chi connectivity index (χ3n) is 6.86. The lowest BCUT2D eigenvalue weighted by Crippen LogP contribution is -2.43. The number of carbonyl (C=O) groups is 1. The Balaban J connectivity index is 1.45. The highest BCUT2D eigenvalue weighted by atomic mass is 19.2. The van der Waals surface area contributed by atoms with Gasteiger partial charge in [-0.1, -0.05) is 19.6 Å². The fraction of sp³-hybridized carbons (Fsp3) is 0.300. The van der Waals surface area contributed by atoms with E-state index in [0.717, 1.165) is 28.9 Å². The molecule has 222 valence electrons. The van der Waals surface area contributed by atoms with E-state index in [2.05, 4.69) is 32.5 Å². The van der Waals surface area contributed by atoms with Crippen LogP contribution in [-0.4, -0.2) is 53.1 Å². The monoisotopic (exact) mass is 578 g/mol. The van der Waals surface area contributed by atoms with Crippen LogP contribution in [0.5, 0.6) is 5.75 Å². The quantitative estimate of drug-likeness (QED) is 0.142.